The van der Waals surface area contributed by atoms with E-state index < -0.39 is 34.4 Å². The van der Waals surface area contributed by atoms with Crippen LogP contribution in [0.4, 0.5) is 5.69 Å². The zero-order valence-electron chi connectivity index (χ0n) is 22.6. The standard InChI is InChI=1S/C28H31Cl2N3O6S/c1-5-24(28(35)31-2)32(17-19-10-11-20(29)16-23(19)30)27(34)18-33(25-8-6-7-9-26(25)39-4)40(36,37)22-14-12-21(38-3)13-15-22/h6-16,24H,5,17-18H2,1-4H3,(H,31,35). The predicted octanol–water partition coefficient (Wildman–Crippen LogP) is 4.76. The van der Waals surface area contributed by atoms with E-state index in [2.05, 4.69) is 5.32 Å². The number of benzene rings is 3. The van der Waals surface area contributed by atoms with E-state index in [9.17, 15) is 18.0 Å². The van der Waals surface area contributed by atoms with Crippen molar-refractivity contribution in [2.75, 3.05) is 32.1 Å². The molecule has 1 unspecified atom stereocenters. The zero-order valence-corrected chi connectivity index (χ0v) is 24.9. The van der Waals surface area contributed by atoms with Crippen LogP contribution >= 0.6 is 23.2 Å². The first-order valence-corrected chi connectivity index (χ1v) is 14.5. The molecule has 12 heteroatoms. The fraction of sp³-hybridized carbons (Fsp3) is 0.286. The van der Waals surface area contributed by atoms with Crippen molar-refractivity contribution in [3.05, 3.63) is 82.3 Å². The number of para-hydroxylation sites is 2. The number of nitrogens with zero attached hydrogens (tertiary/aromatic N) is 2. The molecule has 214 valence electrons. The molecule has 0 heterocycles. The monoisotopic (exact) mass is 607 g/mol. The molecule has 0 aromatic heterocycles. The number of halogens is 2. The number of carbonyl (C=O) groups is 2. The third kappa shape index (κ3) is 6.99. The SMILES string of the molecule is CCC(C(=O)NC)N(Cc1ccc(Cl)cc1Cl)C(=O)CN(c1ccccc1OC)S(=O)(=O)c1ccc(OC)cc1. The summed E-state index contributed by atoms with van der Waals surface area (Å²) in [5, 5.41) is 3.30. The number of rotatable bonds is 12. The third-order valence-electron chi connectivity index (χ3n) is 6.27. The van der Waals surface area contributed by atoms with Gasteiger partial charge in [0.15, 0.2) is 0 Å². The molecule has 3 aromatic rings. The quantitative estimate of drug-likeness (QED) is 0.318. The van der Waals surface area contributed by atoms with Crippen LogP contribution in [0.3, 0.4) is 0 Å². The summed E-state index contributed by atoms with van der Waals surface area (Å²) in [6.07, 6.45) is 0.274. The Morgan fingerprint density at radius 3 is 2.23 bits per heavy atom. The van der Waals surface area contributed by atoms with E-state index in [1.54, 1.807) is 43.3 Å². The van der Waals surface area contributed by atoms with E-state index in [4.69, 9.17) is 32.7 Å². The molecule has 0 spiro atoms. The van der Waals surface area contributed by atoms with Gasteiger partial charge in [-0.2, -0.15) is 0 Å². The highest BCUT2D eigenvalue weighted by Crippen LogP contribution is 2.33. The number of hydrogen-bond acceptors (Lipinski definition) is 6. The minimum Gasteiger partial charge on any atom is -0.497 e. The molecule has 0 fully saturated rings. The topological polar surface area (TPSA) is 105 Å². The number of likely N-dealkylation sites (N-methyl/N-ethyl adjacent to an activating group) is 1. The van der Waals surface area contributed by atoms with Gasteiger partial charge in [-0.1, -0.05) is 48.3 Å². The molecular weight excluding hydrogens is 577 g/mol. The third-order valence-corrected chi connectivity index (χ3v) is 8.63. The van der Waals surface area contributed by atoms with Gasteiger partial charge >= 0.3 is 0 Å². The lowest BCUT2D eigenvalue weighted by Crippen LogP contribution is -2.51. The van der Waals surface area contributed by atoms with Crippen molar-refractivity contribution in [1.82, 2.24) is 10.2 Å². The molecule has 0 radical (unpaired) electrons. The number of anilines is 1. The lowest BCUT2D eigenvalue weighted by atomic mass is 10.1. The second kappa shape index (κ2) is 13.7. The summed E-state index contributed by atoms with van der Waals surface area (Å²) in [7, 11) is 0.0742. The molecule has 0 aliphatic heterocycles. The predicted molar refractivity (Wildman–Crippen MR) is 156 cm³/mol. The lowest BCUT2D eigenvalue weighted by Gasteiger charge is -2.33. The number of nitrogens with one attached hydrogen (secondary N) is 1. The second-order valence-corrected chi connectivity index (χ2v) is 11.4. The van der Waals surface area contributed by atoms with Gasteiger partial charge in [0.05, 0.1) is 24.8 Å². The minimum atomic E-state index is -4.28. The number of amides is 2. The Bertz CT molecular complexity index is 1450. The Morgan fingerprint density at radius 1 is 0.975 bits per heavy atom. The molecule has 0 saturated heterocycles. The first kappa shape index (κ1) is 31.1. The molecule has 3 rings (SSSR count). The van der Waals surface area contributed by atoms with E-state index in [-0.39, 0.29) is 29.3 Å². The van der Waals surface area contributed by atoms with Gasteiger partial charge in [0.2, 0.25) is 11.8 Å². The molecule has 2 amide bonds. The van der Waals surface area contributed by atoms with Crippen LogP contribution < -0.4 is 19.1 Å². The Balaban J connectivity index is 2.11. The van der Waals surface area contributed by atoms with Crippen LogP contribution in [0.2, 0.25) is 10.0 Å². The van der Waals surface area contributed by atoms with Crippen molar-refractivity contribution in [2.45, 2.75) is 30.8 Å². The van der Waals surface area contributed by atoms with Gasteiger partial charge in [-0.05, 0) is 60.5 Å². The molecule has 0 aliphatic rings. The maximum Gasteiger partial charge on any atom is 0.264 e. The molecule has 1 N–H and O–H groups in total. The summed E-state index contributed by atoms with van der Waals surface area (Å²) >= 11 is 12.5. The van der Waals surface area contributed by atoms with Crippen molar-refractivity contribution in [3.63, 3.8) is 0 Å². The number of methoxy groups -OCH3 is 2. The highest BCUT2D eigenvalue weighted by atomic mass is 35.5. The van der Waals surface area contributed by atoms with Crippen LogP contribution in [0, 0.1) is 0 Å². The number of carbonyl (C=O) groups excluding carboxylic acids is 2. The maximum absolute atomic E-state index is 14.0. The van der Waals surface area contributed by atoms with Crippen LogP contribution in [-0.2, 0) is 26.2 Å². The van der Waals surface area contributed by atoms with E-state index in [1.807, 2.05) is 0 Å². The minimum absolute atomic E-state index is 0.0525. The Labute approximate surface area is 244 Å². The average molecular weight is 609 g/mol. The van der Waals surface area contributed by atoms with Crippen LogP contribution in [0.5, 0.6) is 11.5 Å². The Morgan fingerprint density at radius 2 is 1.65 bits per heavy atom. The summed E-state index contributed by atoms with van der Waals surface area (Å²) in [4.78, 5) is 28.1. The van der Waals surface area contributed by atoms with Gasteiger partial charge in [-0.15, -0.1) is 0 Å². The summed E-state index contributed by atoms with van der Waals surface area (Å²) in [6, 6.07) is 16.2. The first-order chi connectivity index (χ1) is 19.1. The fourth-order valence-electron chi connectivity index (χ4n) is 4.14. The summed E-state index contributed by atoms with van der Waals surface area (Å²) < 4.78 is 39.5. The normalized spacial score (nSPS) is 11.8. The van der Waals surface area contributed by atoms with Crippen molar-refractivity contribution >= 4 is 50.7 Å². The van der Waals surface area contributed by atoms with Crippen LogP contribution in [0.25, 0.3) is 0 Å². The Hall–Kier alpha value is -3.47. The lowest BCUT2D eigenvalue weighted by molar-refractivity contribution is -0.140. The number of sulfonamides is 1. The number of ether oxygens (including phenoxy) is 2. The smallest absolute Gasteiger partial charge is 0.264 e. The summed E-state index contributed by atoms with van der Waals surface area (Å²) in [5.74, 6) is -0.300. The van der Waals surface area contributed by atoms with Crippen LogP contribution in [-0.4, -0.2) is 59.0 Å². The van der Waals surface area contributed by atoms with Gasteiger partial charge in [0.25, 0.3) is 10.0 Å². The van der Waals surface area contributed by atoms with Gasteiger partial charge in [-0.3, -0.25) is 13.9 Å². The van der Waals surface area contributed by atoms with E-state index in [0.29, 0.717) is 21.4 Å². The van der Waals surface area contributed by atoms with Gasteiger partial charge in [0.1, 0.15) is 24.1 Å². The van der Waals surface area contributed by atoms with Crippen molar-refractivity contribution in [3.8, 4) is 11.5 Å². The molecular formula is C28H31Cl2N3O6S. The molecule has 0 bridgehead atoms. The van der Waals surface area contributed by atoms with Gasteiger partial charge in [-0.25, -0.2) is 8.42 Å². The zero-order chi connectivity index (χ0) is 29.4. The highest BCUT2D eigenvalue weighted by Gasteiger charge is 2.34. The molecule has 9 nitrogen and oxygen atoms in total. The van der Waals surface area contributed by atoms with E-state index >= 15 is 0 Å². The van der Waals surface area contributed by atoms with Crippen molar-refractivity contribution < 1.29 is 27.5 Å². The molecule has 0 saturated carbocycles. The molecule has 3 aromatic carbocycles. The number of hydrogen-bond donors (Lipinski definition) is 1. The molecule has 40 heavy (non-hydrogen) atoms. The largest absolute Gasteiger partial charge is 0.497 e. The molecule has 1 atom stereocenters. The van der Waals surface area contributed by atoms with Crippen molar-refractivity contribution in [1.29, 1.82) is 0 Å². The highest BCUT2D eigenvalue weighted by molar-refractivity contribution is 7.92. The first-order valence-electron chi connectivity index (χ1n) is 12.3. The maximum atomic E-state index is 14.0. The average Bonchev–Trinajstić information content (AvgIpc) is 2.96. The fourth-order valence-corrected chi connectivity index (χ4v) is 6.04. The van der Waals surface area contributed by atoms with Gasteiger partial charge < -0.3 is 19.7 Å². The second-order valence-electron chi connectivity index (χ2n) is 8.65. The van der Waals surface area contributed by atoms with E-state index in [0.717, 1.165) is 4.31 Å². The van der Waals surface area contributed by atoms with Crippen LogP contribution in [0.1, 0.15) is 18.9 Å². The summed E-state index contributed by atoms with van der Waals surface area (Å²) in [6.45, 7) is 1.09. The van der Waals surface area contributed by atoms with Crippen LogP contribution in [0.15, 0.2) is 71.6 Å². The van der Waals surface area contributed by atoms with Gasteiger partial charge in [0, 0.05) is 23.6 Å². The Kier molecular flexibility index (Phi) is 10.7. The van der Waals surface area contributed by atoms with E-state index in [1.165, 1.54) is 56.5 Å². The van der Waals surface area contributed by atoms with Crippen molar-refractivity contribution in [2.24, 2.45) is 0 Å². The molecule has 0 aliphatic carbocycles. The summed E-state index contributed by atoms with van der Waals surface area (Å²) in [5.41, 5.74) is 0.704.